The monoisotopic (exact) mass is 298 g/mol. The Morgan fingerprint density at radius 2 is 2.24 bits per heavy atom. The van der Waals surface area contributed by atoms with Gasteiger partial charge in [-0.2, -0.15) is 0 Å². The highest BCUT2D eigenvalue weighted by molar-refractivity contribution is 5.22. The molecule has 5 heteroatoms. The van der Waals surface area contributed by atoms with E-state index in [9.17, 15) is 8.78 Å². The maximum Gasteiger partial charge on any atom is 0.163 e. The van der Waals surface area contributed by atoms with Gasteiger partial charge in [-0.1, -0.05) is 12.1 Å². The van der Waals surface area contributed by atoms with Gasteiger partial charge in [-0.25, -0.2) is 8.78 Å². The fourth-order valence-electron chi connectivity index (χ4n) is 2.89. The van der Waals surface area contributed by atoms with Crippen molar-refractivity contribution in [3.8, 4) is 0 Å². The van der Waals surface area contributed by atoms with Gasteiger partial charge < -0.3 is 10.1 Å². The van der Waals surface area contributed by atoms with Crippen molar-refractivity contribution in [2.24, 2.45) is 0 Å². The van der Waals surface area contributed by atoms with E-state index in [-0.39, 0.29) is 6.04 Å². The highest BCUT2D eigenvalue weighted by Crippen LogP contribution is 2.25. The number of methoxy groups -OCH3 is 1. The van der Waals surface area contributed by atoms with Crippen LogP contribution in [0.2, 0.25) is 0 Å². The Bertz CT molecular complexity index is 450. The molecule has 118 valence electrons. The first-order valence-corrected chi connectivity index (χ1v) is 7.53. The normalized spacial score (nSPS) is 20.1. The second kappa shape index (κ2) is 7.82. The minimum Gasteiger partial charge on any atom is -0.383 e. The van der Waals surface area contributed by atoms with E-state index in [1.165, 1.54) is 6.42 Å². The SMILES string of the molecule is COCCN(CC1CCCN1)C(C)c1cccc(F)c1F. The molecule has 1 aliphatic heterocycles. The zero-order chi connectivity index (χ0) is 15.2. The van der Waals surface area contributed by atoms with E-state index in [0.29, 0.717) is 24.8 Å². The molecule has 1 aromatic carbocycles. The molecule has 0 radical (unpaired) electrons. The Kier molecular flexibility index (Phi) is 6.08. The summed E-state index contributed by atoms with van der Waals surface area (Å²) in [5, 5.41) is 3.45. The van der Waals surface area contributed by atoms with E-state index in [2.05, 4.69) is 10.2 Å². The molecular formula is C16H24F2N2O. The number of nitrogens with one attached hydrogen (secondary N) is 1. The highest BCUT2D eigenvalue weighted by Gasteiger charge is 2.24. The smallest absolute Gasteiger partial charge is 0.163 e. The van der Waals surface area contributed by atoms with Gasteiger partial charge in [0.05, 0.1) is 6.61 Å². The van der Waals surface area contributed by atoms with E-state index in [0.717, 1.165) is 25.6 Å². The first-order chi connectivity index (χ1) is 10.1. The van der Waals surface area contributed by atoms with E-state index < -0.39 is 11.6 Å². The minimum absolute atomic E-state index is 0.182. The topological polar surface area (TPSA) is 24.5 Å². The second-order valence-electron chi connectivity index (χ2n) is 5.60. The van der Waals surface area contributed by atoms with Gasteiger partial charge in [0, 0.05) is 37.8 Å². The zero-order valence-electron chi connectivity index (χ0n) is 12.7. The fraction of sp³-hybridized carbons (Fsp3) is 0.625. The van der Waals surface area contributed by atoms with Crippen molar-refractivity contribution in [2.45, 2.75) is 31.8 Å². The molecule has 0 aromatic heterocycles. The molecule has 1 fully saturated rings. The van der Waals surface area contributed by atoms with Crippen LogP contribution in [0.3, 0.4) is 0 Å². The van der Waals surface area contributed by atoms with Crippen molar-refractivity contribution in [3.05, 3.63) is 35.4 Å². The van der Waals surface area contributed by atoms with Crippen molar-refractivity contribution in [2.75, 3.05) is 33.4 Å². The molecule has 0 bridgehead atoms. The van der Waals surface area contributed by atoms with Crippen molar-refractivity contribution >= 4 is 0 Å². The lowest BCUT2D eigenvalue weighted by atomic mass is 10.0. The first kappa shape index (κ1) is 16.3. The van der Waals surface area contributed by atoms with Crippen LogP contribution in [-0.2, 0) is 4.74 Å². The maximum atomic E-state index is 14.0. The predicted octanol–water partition coefficient (Wildman–Crippen LogP) is 2.73. The fourth-order valence-corrected chi connectivity index (χ4v) is 2.89. The van der Waals surface area contributed by atoms with Crippen LogP contribution >= 0.6 is 0 Å². The van der Waals surface area contributed by atoms with Crippen LogP contribution in [0.15, 0.2) is 18.2 Å². The van der Waals surface area contributed by atoms with Crippen LogP contribution in [-0.4, -0.2) is 44.3 Å². The minimum atomic E-state index is -0.787. The van der Waals surface area contributed by atoms with Crippen LogP contribution in [0.4, 0.5) is 8.78 Å². The van der Waals surface area contributed by atoms with Crippen LogP contribution in [0.25, 0.3) is 0 Å². The van der Waals surface area contributed by atoms with E-state index in [1.807, 2.05) is 6.92 Å². The standard InChI is InChI=1S/C16H24F2N2O/c1-12(14-6-3-7-15(17)16(14)18)20(9-10-21-2)11-13-5-4-8-19-13/h3,6-7,12-13,19H,4-5,8-11H2,1-2H3. The van der Waals surface area contributed by atoms with Crippen LogP contribution in [0.5, 0.6) is 0 Å². The molecule has 0 spiro atoms. The summed E-state index contributed by atoms with van der Waals surface area (Å²) in [5.74, 6) is -1.53. The molecule has 0 amide bonds. The summed E-state index contributed by atoms with van der Waals surface area (Å²) in [4.78, 5) is 2.16. The number of nitrogens with zero attached hydrogens (tertiary/aromatic N) is 1. The number of rotatable bonds is 7. The number of hydrogen-bond donors (Lipinski definition) is 1. The lowest BCUT2D eigenvalue weighted by Crippen LogP contribution is -2.40. The maximum absolute atomic E-state index is 14.0. The highest BCUT2D eigenvalue weighted by atomic mass is 19.2. The van der Waals surface area contributed by atoms with Gasteiger partial charge in [0.15, 0.2) is 11.6 Å². The third-order valence-corrected chi connectivity index (χ3v) is 4.18. The Labute approximate surface area is 125 Å². The Balaban J connectivity index is 2.11. The number of benzene rings is 1. The van der Waals surface area contributed by atoms with Crippen molar-refractivity contribution in [1.82, 2.24) is 10.2 Å². The molecule has 2 rings (SSSR count). The molecule has 1 heterocycles. The molecule has 0 aliphatic carbocycles. The lowest BCUT2D eigenvalue weighted by molar-refractivity contribution is 0.116. The van der Waals surface area contributed by atoms with Crippen LogP contribution < -0.4 is 5.32 Å². The van der Waals surface area contributed by atoms with Gasteiger partial charge in [-0.05, 0) is 32.4 Å². The molecular weight excluding hydrogens is 274 g/mol. The largest absolute Gasteiger partial charge is 0.383 e. The average Bonchev–Trinajstić information content (AvgIpc) is 2.98. The van der Waals surface area contributed by atoms with Gasteiger partial charge in [-0.3, -0.25) is 4.90 Å². The number of ether oxygens (including phenoxy) is 1. The third-order valence-electron chi connectivity index (χ3n) is 4.18. The van der Waals surface area contributed by atoms with Crippen LogP contribution in [0, 0.1) is 11.6 Å². The van der Waals surface area contributed by atoms with Gasteiger partial charge in [0.2, 0.25) is 0 Å². The van der Waals surface area contributed by atoms with E-state index in [4.69, 9.17) is 4.74 Å². The number of halogens is 2. The molecule has 3 nitrogen and oxygen atoms in total. The summed E-state index contributed by atoms with van der Waals surface area (Å²) in [5.41, 5.74) is 0.407. The molecule has 1 saturated heterocycles. The molecule has 1 N–H and O–H groups in total. The average molecular weight is 298 g/mol. The third kappa shape index (κ3) is 4.22. The van der Waals surface area contributed by atoms with Crippen molar-refractivity contribution < 1.29 is 13.5 Å². The van der Waals surface area contributed by atoms with Crippen molar-refractivity contribution in [3.63, 3.8) is 0 Å². The Hall–Kier alpha value is -1.04. The van der Waals surface area contributed by atoms with Gasteiger partial charge in [0.25, 0.3) is 0 Å². The van der Waals surface area contributed by atoms with E-state index in [1.54, 1.807) is 19.2 Å². The Morgan fingerprint density at radius 1 is 1.43 bits per heavy atom. The quantitative estimate of drug-likeness (QED) is 0.837. The molecule has 1 aromatic rings. The Morgan fingerprint density at radius 3 is 2.90 bits per heavy atom. The summed E-state index contributed by atoms with van der Waals surface area (Å²) < 4.78 is 32.6. The summed E-state index contributed by atoms with van der Waals surface area (Å²) in [6.07, 6.45) is 2.30. The van der Waals surface area contributed by atoms with Gasteiger partial charge in [-0.15, -0.1) is 0 Å². The van der Waals surface area contributed by atoms with Gasteiger partial charge >= 0.3 is 0 Å². The molecule has 21 heavy (non-hydrogen) atoms. The van der Waals surface area contributed by atoms with Gasteiger partial charge in [0.1, 0.15) is 0 Å². The van der Waals surface area contributed by atoms with E-state index >= 15 is 0 Å². The molecule has 2 unspecified atom stereocenters. The summed E-state index contributed by atoms with van der Waals surface area (Å²) in [6, 6.07) is 4.61. The first-order valence-electron chi connectivity index (χ1n) is 7.53. The summed E-state index contributed by atoms with van der Waals surface area (Å²) in [6.45, 7) is 5.05. The predicted molar refractivity (Wildman–Crippen MR) is 79.2 cm³/mol. The zero-order valence-corrected chi connectivity index (χ0v) is 12.7. The molecule has 1 aliphatic rings. The molecule has 0 saturated carbocycles. The van der Waals surface area contributed by atoms with Crippen molar-refractivity contribution in [1.29, 1.82) is 0 Å². The molecule has 2 atom stereocenters. The summed E-state index contributed by atoms with van der Waals surface area (Å²) in [7, 11) is 1.65. The lowest BCUT2D eigenvalue weighted by Gasteiger charge is -2.31. The summed E-state index contributed by atoms with van der Waals surface area (Å²) >= 11 is 0. The van der Waals surface area contributed by atoms with Crippen LogP contribution in [0.1, 0.15) is 31.4 Å². The second-order valence-corrected chi connectivity index (χ2v) is 5.60. The number of hydrogen-bond acceptors (Lipinski definition) is 3.